The standard InChI is InChI=1S/C25H36N2O2S/c28-22(26-24-8-14-1-15(9-24)3-16(2-14)10-24)20-7-21(30-20)23(29)27-25-11-17-4-18(12-25)6-19(5-17)13-25/h14-21H,1-13H2,(H,26,28)(H,27,29). The van der Waals surface area contributed by atoms with Gasteiger partial charge in [0.05, 0.1) is 10.5 Å². The van der Waals surface area contributed by atoms with Crippen LogP contribution in [0.3, 0.4) is 0 Å². The molecule has 8 saturated carbocycles. The van der Waals surface area contributed by atoms with Crippen LogP contribution in [0.5, 0.6) is 0 Å². The minimum Gasteiger partial charge on any atom is -0.350 e. The highest BCUT2D eigenvalue weighted by molar-refractivity contribution is 8.03. The van der Waals surface area contributed by atoms with Crippen LogP contribution < -0.4 is 10.6 Å². The summed E-state index contributed by atoms with van der Waals surface area (Å²) in [6, 6.07) is 0. The van der Waals surface area contributed by atoms with Crippen molar-refractivity contribution in [3.63, 3.8) is 0 Å². The minimum absolute atomic E-state index is 0.00915. The molecule has 1 heterocycles. The van der Waals surface area contributed by atoms with E-state index in [0.29, 0.717) is 0 Å². The van der Waals surface area contributed by atoms with E-state index in [-0.39, 0.29) is 33.4 Å². The Morgan fingerprint density at radius 1 is 0.533 bits per heavy atom. The van der Waals surface area contributed by atoms with Crippen molar-refractivity contribution in [2.24, 2.45) is 35.5 Å². The van der Waals surface area contributed by atoms with Crippen molar-refractivity contribution >= 4 is 23.6 Å². The fourth-order valence-electron chi connectivity index (χ4n) is 9.93. The summed E-state index contributed by atoms with van der Waals surface area (Å²) in [6.07, 6.45) is 16.4. The Hall–Kier alpha value is -0.710. The molecule has 0 aromatic rings. The Labute approximate surface area is 184 Å². The maximum absolute atomic E-state index is 13.0. The number of thioether (sulfide) groups is 1. The zero-order chi connectivity index (χ0) is 20.1. The number of rotatable bonds is 4. The molecule has 0 radical (unpaired) electrons. The number of amides is 2. The summed E-state index contributed by atoms with van der Waals surface area (Å²) in [4.78, 5) is 26.0. The van der Waals surface area contributed by atoms with Crippen molar-refractivity contribution in [1.29, 1.82) is 0 Å². The Morgan fingerprint density at radius 2 is 0.800 bits per heavy atom. The van der Waals surface area contributed by atoms with Crippen LogP contribution >= 0.6 is 11.8 Å². The van der Waals surface area contributed by atoms with Gasteiger partial charge in [-0.2, -0.15) is 0 Å². The first-order valence-electron chi connectivity index (χ1n) is 12.7. The molecule has 4 nitrogen and oxygen atoms in total. The molecule has 0 aromatic heterocycles. The van der Waals surface area contributed by atoms with Gasteiger partial charge in [0, 0.05) is 11.1 Å². The van der Waals surface area contributed by atoms with Gasteiger partial charge in [-0.25, -0.2) is 0 Å². The molecule has 5 heteroatoms. The molecular weight excluding hydrogens is 392 g/mol. The van der Waals surface area contributed by atoms with Crippen LogP contribution in [-0.2, 0) is 9.59 Å². The van der Waals surface area contributed by atoms with E-state index in [9.17, 15) is 9.59 Å². The minimum atomic E-state index is -0.00915. The topological polar surface area (TPSA) is 58.2 Å². The van der Waals surface area contributed by atoms with Gasteiger partial charge >= 0.3 is 0 Å². The predicted molar refractivity (Wildman–Crippen MR) is 118 cm³/mol. The zero-order valence-corrected chi connectivity index (χ0v) is 18.9. The normalized spacial score (nSPS) is 54.7. The highest BCUT2D eigenvalue weighted by Gasteiger charge is 2.54. The second kappa shape index (κ2) is 6.42. The summed E-state index contributed by atoms with van der Waals surface area (Å²) in [7, 11) is 0. The fraction of sp³-hybridized carbons (Fsp3) is 0.920. The van der Waals surface area contributed by atoms with Gasteiger partial charge in [-0.3, -0.25) is 9.59 Å². The lowest BCUT2D eigenvalue weighted by Crippen LogP contribution is -2.63. The molecule has 1 aliphatic heterocycles. The SMILES string of the molecule is O=C(NC12CC3CC(CC(C3)C1)C2)C1CC(C(=O)NC23CC4CC(CC(C4)C2)C3)S1. The molecule has 1 saturated heterocycles. The third kappa shape index (κ3) is 3.00. The molecule has 0 aromatic carbocycles. The molecule has 2 N–H and O–H groups in total. The van der Waals surface area contributed by atoms with E-state index in [4.69, 9.17) is 0 Å². The highest BCUT2D eigenvalue weighted by Crippen LogP contribution is 2.57. The molecule has 8 bridgehead atoms. The zero-order valence-electron chi connectivity index (χ0n) is 18.0. The van der Waals surface area contributed by atoms with Gasteiger partial charge in [0.15, 0.2) is 0 Å². The summed E-state index contributed by atoms with van der Waals surface area (Å²) in [5.74, 6) is 5.55. The van der Waals surface area contributed by atoms with Gasteiger partial charge in [0.1, 0.15) is 0 Å². The summed E-state index contributed by atoms with van der Waals surface area (Å²) in [5.41, 5.74) is 0.192. The van der Waals surface area contributed by atoms with Crippen molar-refractivity contribution in [3.8, 4) is 0 Å². The Morgan fingerprint density at radius 3 is 1.07 bits per heavy atom. The van der Waals surface area contributed by atoms with Crippen molar-refractivity contribution in [1.82, 2.24) is 10.6 Å². The largest absolute Gasteiger partial charge is 0.350 e. The monoisotopic (exact) mass is 428 g/mol. The Kier molecular flexibility index (Phi) is 4.03. The van der Waals surface area contributed by atoms with Crippen molar-refractivity contribution in [2.45, 2.75) is 105 Å². The van der Waals surface area contributed by atoms with Gasteiger partial charge in [-0.1, -0.05) is 0 Å². The first kappa shape index (κ1) is 18.8. The van der Waals surface area contributed by atoms with Gasteiger partial charge < -0.3 is 10.6 Å². The third-order valence-corrected chi connectivity index (χ3v) is 11.7. The van der Waals surface area contributed by atoms with E-state index in [1.54, 1.807) is 11.8 Å². The summed E-state index contributed by atoms with van der Waals surface area (Å²) in [6.45, 7) is 0. The molecular formula is C25H36N2O2S. The van der Waals surface area contributed by atoms with Crippen LogP contribution in [0.1, 0.15) is 83.5 Å². The molecule has 9 aliphatic rings. The summed E-state index contributed by atoms with van der Waals surface area (Å²) >= 11 is 1.62. The van der Waals surface area contributed by atoms with Crippen LogP contribution in [0, 0.1) is 35.5 Å². The van der Waals surface area contributed by atoms with E-state index < -0.39 is 0 Å². The smallest absolute Gasteiger partial charge is 0.233 e. The predicted octanol–water partition coefficient (Wildman–Crippen LogP) is 4.03. The maximum atomic E-state index is 13.0. The van der Waals surface area contributed by atoms with Gasteiger partial charge in [-0.05, 0) is 119 Å². The van der Waals surface area contributed by atoms with E-state index >= 15 is 0 Å². The van der Waals surface area contributed by atoms with Gasteiger partial charge in [0.2, 0.25) is 11.8 Å². The maximum Gasteiger partial charge on any atom is 0.233 e. The second-order valence-corrected chi connectivity index (χ2v) is 14.1. The van der Waals surface area contributed by atoms with E-state index in [2.05, 4.69) is 10.6 Å². The molecule has 164 valence electrons. The Balaban J connectivity index is 0.948. The van der Waals surface area contributed by atoms with Crippen LogP contribution in [0.4, 0.5) is 0 Å². The summed E-state index contributed by atoms with van der Waals surface area (Å²) < 4.78 is 0. The lowest BCUT2D eigenvalue weighted by atomic mass is 9.53. The lowest BCUT2D eigenvalue weighted by molar-refractivity contribution is -0.128. The number of hydrogen-bond donors (Lipinski definition) is 2. The lowest BCUT2D eigenvalue weighted by Gasteiger charge is -2.57. The van der Waals surface area contributed by atoms with Crippen LogP contribution in [0.2, 0.25) is 0 Å². The number of hydrogen-bond acceptors (Lipinski definition) is 3. The molecule has 2 amide bonds. The van der Waals surface area contributed by atoms with Crippen LogP contribution in [0.25, 0.3) is 0 Å². The van der Waals surface area contributed by atoms with Crippen molar-refractivity contribution < 1.29 is 9.59 Å². The molecule has 30 heavy (non-hydrogen) atoms. The summed E-state index contributed by atoms with van der Waals surface area (Å²) in [5, 5.41) is 7.02. The second-order valence-electron chi connectivity index (χ2n) is 12.7. The fourth-order valence-corrected chi connectivity index (χ4v) is 10.9. The molecule has 2 atom stereocenters. The quantitative estimate of drug-likeness (QED) is 0.711. The van der Waals surface area contributed by atoms with Gasteiger partial charge in [0.25, 0.3) is 0 Å². The van der Waals surface area contributed by atoms with Crippen LogP contribution in [0.15, 0.2) is 0 Å². The van der Waals surface area contributed by atoms with E-state index in [1.165, 1.54) is 77.0 Å². The molecule has 9 rings (SSSR count). The molecule has 8 aliphatic carbocycles. The molecule has 9 fully saturated rings. The van der Waals surface area contributed by atoms with E-state index in [1.807, 2.05) is 0 Å². The number of nitrogens with one attached hydrogen (secondary N) is 2. The first-order chi connectivity index (χ1) is 14.4. The average molecular weight is 429 g/mol. The number of carbonyl (C=O) groups excluding carboxylic acids is 2. The highest BCUT2D eigenvalue weighted by atomic mass is 32.2. The van der Waals surface area contributed by atoms with Crippen LogP contribution in [-0.4, -0.2) is 33.4 Å². The molecule has 2 unspecified atom stereocenters. The molecule has 0 spiro atoms. The third-order valence-electron chi connectivity index (χ3n) is 10.2. The van der Waals surface area contributed by atoms with Crippen molar-refractivity contribution in [2.75, 3.05) is 0 Å². The first-order valence-corrected chi connectivity index (χ1v) is 13.7. The average Bonchev–Trinajstić information content (AvgIpc) is 2.56. The van der Waals surface area contributed by atoms with Crippen molar-refractivity contribution in [3.05, 3.63) is 0 Å². The number of carbonyl (C=O) groups is 2. The van der Waals surface area contributed by atoms with Gasteiger partial charge in [-0.15, -0.1) is 11.8 Å². The van der Waals surface area contributed by atoms with E-state index in [0.717, 1.165) is 41.9 Å². The Bertz CT molecular complexity index is 641.